The van der Waals surface area contributed by atoms with Gasteiger partial charge in [0.2, 0.25) is 5.90 Å². The molecule has 1 aromatic heterocycles. The number of carbonyl (C=O) groups is 1. The van der Waals surface area contributed by atoms with Gasteiger partial charge in [-0.05, 0) is 32.4 Å². The molecule has 0 saturated heterocycles. The summed E-state index contributed by atoms with van der Waals surface area (Å²) in [7, 11) is 0. The fourth-order valence-electron chi connectivity index (χ4n) is 1.44. The molecule has 0 spiro atoms. The van der Waals surface area contributed by atoms with E-state index in [0.29, 0.717) is 30.9 Å². The molecule has 0 amide bonds. The zero-order chi connectivity index (χ0) is 13.5. The lowest BCUT2D eigenvalue weighted by molar-refractivity contribution is 0.0526. The van der Waals surface area contributed by atoms with E-state index >= 15 is 0 Å². The lowest BCUT2D eigenvalue weighted by Gasteiger charge is -2.08. The van der Waals surface area contributed by atoms with Crippen LogP contribution >= 0.6 is 12.4 Å². The molecule has 0 radical (unpaired) electrons. The van der Waals surface area contributed by atoms with Crippen LogP contribution in [0.5, 0.6) is 0 Å². The summed E-state index contributed by atoms with van der Waals surface area (Å²) in [5, 5.41) is 7.70. The van der Waals surface area contributed by atoms with Crippen molar-refractivity contribution in [1.29, 1.82) is 5.41 Å². The van der Waals surface area contributed by atoms with Crippen molar-refractivity contribution in [1.82, 2.24) is 4.98 Å². The van der Waals surface area contributed by atoms with Crippen LogP contribution in [0.2, 0.25) is 0 Å². The van der Waals surface area contributed by atoms with Gasteiger partial charge in [-0.3, -0.25) is 5.41 Å². The number of esters is 1. The summed E-state index contributed by atoms with van der Waals surface area (Å²) in [5.41, 5.74) is 1.50. The Morgan fingerprint density at radius 2 is 1.84 bits per heavy atom. The normalized spacial score (nSPS) is 9.42. The number of hydrogen-bond acceptors (Lipinski definition) is 5. The van der Waals surface area contributed by atoms with Gasteiger partial charge in [0.05, 0.1) is 18.8 Å². The summed E-state index contributed by atoms with van der Waals surface area (Å²) < 4.78 is 10.0. The number of nitrogens with zero attached hydrogens (tertiary/aromatic N) is 1. The SMILES string of the molecule is CCOC(=N)c1cc(C(=O)OCC)cc(CC)n1.Cl. The molecule has 106 valence electrons. The first-order valence-corrected chi connectivity index (χ1v) is 6.02. The van der Waals surface area contributed by atoms with Crippen molar-refractivity contribution in [3.05, 3.63) is 29.1 Å². The average molecular weight is 287 g/mol. The van der Waals surface area contributed by atoms with E-state index in [1.165, 1.54) is 6.07 Å². The van der Waals surface area contributed by atoms with Crippen LogP contribution in [0.3, 0.4) is 0 Å². The van der Waals surface area contributed by atoms with Gasteiger partial charge in [0.15, 0.2) is 0 Å². The highest BCUT2D eigenvalue weighted by Crippen LogP contribution is 2.10. The molecule has 0 saturated carbocycles. The number of hydrogen-bond donors (Lipinski definition) is 1. The minimum atomic E-state index is -0.403. The van der Waals surface area contributed by atoms with Crippen LogP contribution in [-0.4, -0.2) is 30.1 Å². The van der Waals surface area contributed by atoms with Crippen LogP contribution in [0, 0.1) is 5.41 Å². The van der Waals surface area contributed by atoms with Crippen LogP contribution in [0.15, 0.2) is 12.1 Å². The molecule has 0 fully saturated rings. The van der Waals surface area contributed by atoms with Gasteiger partial charge in [-0.25, -0.2) is 9.78 Å². The molecule has 1 N–H and O–H groups in total. The summed E-state index contributed by atoms with van der Waals surface area (Å²) in [5.74, 6) is -0.432. The molecule has 19 heavy (non-hydrogen) atoms. The predicted molar refractivity (Wildman–Crippen MR) is 75.3 cm³/mol. The van der Waals surface area contributed by atoms with Crippen molar-refractivity contribution in [2.45, 2.75) is 27.2 Å². The minimum absolute atomic E-state index is 0. The molecule has 1 rings (SSSR count). The Morgan fingerprint density at radius 1 is 1.21 bits per heavy atom. The van der Waals surface area contributed by atoms with Crippen LogP contribution in [0.1, 0.15) is 42.5 Å². The van der Waals surface area contributed by atoms with E-state index in [4.69, 9.17) is 14.9 Å². The largest absolute Gasteiger partial charge is 0.477 e. The van der Waals surface area contributed by atoms with E-state index in [9.17, 15) is 4.79 Å². The van der Waals surface area contributed by atoms with E-state index in [0.717, 1.165) is 5.69 Å². The van der Waals surface area contributed by atoms with Crippen molar-refractivity contribution in [2.75, 3.05) is 13.2 Å². The number of pyridine rings is 1. The molecule has 6 heteroatoms. The lowest BCUT2D eigenvalue weighted by atomic mass is 10.1. The molecule has 0 aliphatic heterocycles. The van der Waals surface area contributed by atoms with E-state index in [1.54, 1.807) is 19.9 Å². The fraction of sp³-hybridized carbons (Fsp3) is 0.462. The van der Waals surface area contributed by atoms with Gasteiger partial charge in [-0.1, -0.05) is 6.92 Å². The maximum absolute atomic E-state index is 11.7. The molecule has 0 atom stereocenters. The van der Waals surface area contributed by atoms with Gasteiger partial charge < -0.3 is 9.47 Å². The summed E-state index contributed by atoms with van der Waals surface area (Å²) >= 11 is 0. The third-order valence-electron chi connectivity index (χ3n) is 2.27. The van der Waals surface area contributed by atoms with Crippen molar-refractivity contribution in [3.63, 3.8) is 0 Å². The molecule has 0 unspecified atom stereocenters. The van der Waals surface area contributed by atoms with Gasteiger partial charge in [0, 0.05) is 5.69 Å². The van der Waals surface area contributed by atoms with Crippen molar-refractivity contribution < 1.29 is 14.3 Å². The molecule has 1 aromatic rings. The molecular weight excluding hydrogens is 268 g/mol. The maximum atomic E-state index is 11.7. The van der Waals surface area contributed by atoms with Crippen molar-refractivity contribution >= 4 is 24.3 Å². The van der Waals surface area contributed by atoms with Gasteiger partial charge in [0.1, 0.15) is 5.69 Å². The quantitative estimate of drug-likeness (QED) is 0.513. The number of carbonyl (C=O) groups excluding carboxylic acids is 1. The second kappa shape index (κ2) is 8.48. The Bertz CT molecular complexity index is 413. The van der Waals surface area contributed by atoms with Gasteiger partial charge in [-0.2, -0.15) is 0 Å². The highest BCUT2D eigenvalue weighted by Gasteiger charge is 2.13. The highest BCUT2D eigenvalue weighted by atomic mass is 35.5. The third-order valence-corrected chi connectivity index (χ3v) is 2.27. The summed E-state index contributed by atoms with van der Waals surface area (Å²) in [6.45, 7) is 6.20. The number of nitrogens with one attached hydrogen (secondary N) is 1. The average Bonchev–Trinajstić information content (AvgIpc) is 2.38. The first kappa shape index (κ1) is 17.4. The molecule has 1 heterocycles. The van der Waals surface area contributed by atoms with Crippen molar-refractivity contribution in [3.8, 4) is 0 Å². The number of ether oxygens (including phenoxy) is 2. The smallest absolute Gasteiger partial charge is 0.338 e. The summed E-state index contributed by atoms with van der Waals surface area (Å²) in [4.78, 5) is 15.9. The number of halogens is 1. The zero-order valence-corrected chi connectivity index (χ0v) is 12.2. The Hall–Kier alpha value is -1.62. The lowest BCUT2D eigenvalue weighted by Crippen LogP contribution is -2.12. The van der Waals surface area contributed by atoms with Crippen LogP contribution in [-0.2, 0) is 15.9 Å². The first-order chi connectivity index (χ1) is 8.62. The van der Waals surface area contributed by atoms with Gasteiger partial charge >= 0.3 is 5.97 Å². The first-order valence-electron chi connectivity index (χ1n) is 6.02. The van der Waals surface area contributed by atoms with E-state index < -0.39 is 5.97 Å². The Balaban J connectivity index is 0.00000324. The topological polar surface area (TPSA) is 72.3 Å². The number of aromatic nitrogens is 1. The molecular formula is C13H19ClN2O3. The van der Waals surface area contributed by atoms with Gasteiger partial charge in [0.25, 0.3) is 0 Å². The zero-order valence-electron chi connectivity index (χ0n) is 11.4. The Labute approximate surface area is 119 Å². The molecule has 0 aliphatic carbocycles. The second-order valence-electron chi connectivity index (χ2n) is 3.57. The van der Waals surface area contributed by atoms with Gasteiger partial charge in [-0.15, -0.1) is 12.4 Å². The molecule has 5 nitrogen and oxygen atoms in total. The number of rotatable bonds is 5. The van der Waals surface area contributed by atoms with E-state index in [1.807, 2.05) is 6.92 Å². The second-order valence-corrected chi connectivity index (χ2v) is 3.57. The fourth-order valence-corrected chi connectivity index (χ4v) is 1.44. The number of aryl methyl sites for hydroxylation is 1. The molecule has 0 bridgehead atoms. The Morgan fingerprint density at radius 3 is 2.37 bits per heavy atom. The maximum Gasteiger partial charge on any atom is 0.338 e. The monoisotopic (exact) mass is 286 g/mol. The van der Waals surface area contributed by atoms with E-state index in [-0.39, 0.29) is 18.3 Å². The third kappa shape index (κ3) is 4.87. The van der Waals surface area contributed by atoms with Crippen LogP contribution in [0.25, 0.3) is 0 Å². The van der Waals surface area contributed by atoms with Crippen molar-refractivity contribution in [2.24, 2.45) is 0 Å². The summed E-state index contributed by atoms with van der Waals surface area (Å²) in [6.07, 6.45) is 0.680. The molecule has 0 aliphatic rings. The Kier molecular flexibility index (Phi) is 7.75. The standard InChI is InChI=1S/C13H18N2O3.ClH/c1-4-10-7-9(13(16)18-6-3)8-11(15-10)12(14)17-5-2;/h7-8,14H,4-6H2,1-3H3;1H. The van der Waals surface area contributed by atoms with Crippen LogP contribution < -0.4 is 0 Å². The minimum Gasteiger partial charge on any atom is -0.477 e. The van der Waals surface area contributed by atoms with Crippen LogP contribution in [0.4, 0.5) is 0 Å². The van der Waals surface area contributed by atoms with E-state index in [2.05, 4.69) is 4.98 Å². The summed E-state index contributed by atoms with van der Waals surface area (Å²) in [6, 6.07) is 3.20. The molecule has 0 aromatic carbocycles. The predicted octanol–water partition coefficient (Wildman–Crippen LogP) is 2.60. The highest BCUT2D eigenvalue weighted by molar-refractivity contribution is 5.95.